The standard InChI is InChI=1S/C22H29Cl2N3O4S/c1-11(2)27(7)20(29)16-17(32-19(26-16)18(28)25-10-21(3,4)30)12-8-9-13(22(5,6)31)15(24)14(12)23/h8-9,11,30-31H,10H2,1-7H3,(H,25,28). The molecule has 0 aliphatic carbocycles. The maximum Gasteiger partial charge on any atom is 0.280 e. The minimum atomic E-state index is -1.22. The molecule has 10 heteroatoms. The molecule has 0 atom stereocenters. The molecule has 3 N–H and O–H groups in total. The number of hydrogen-bond acceptors (Lipinski definition) is 6. The smallest absolute Gasteiger partial charge is 0.280 e. The highest BCUT2D eigenvalue weighted by Crippen LogP contribution is 2.42. The van der Waals surface area contributed by atoms with E-state index in [0.717, 1.165) is 11.3 Å². The van der Waals surface area contributed by atoms with Crippen LogP contribution in [0.2, 0.25) is 10.0 Å². The molecule has 7 nitrogen and oxygen atoms in total. The van der Waals surface area contributed by atoms with Gasteiger partial charge >= 0.3 is 0 Å². The van der Waals surface area contributed by atoms with Crippen molar-refractivity contribution in [1.29, 1.82) is 0 Å². The zero-order chi connectivity index (χ0) is 24.6. The number of nitrogens with one attached hydrogen (secondary N) is 1. The maximum absolute atomic E-state index is 13.1. The summed E-state index contributed by atoms with van der Waals surface area (Å²) in [7, 11) is 1.65. The Balaban J connectivity index is 2.63. The van der Waals surface area contributed by atoms with Crippen LogP contribution < -0.4 is 5.32 Å². The van der Waals surface area contributed by atoms with E-state index in [2.05, 4.69) is 10.3 Å². The van der Waals surface area contributed by atoms with Crippen LogP contribution in [0.1, 0.15) is 67.4 Å². The number of amides is 2. The van der Waals surface area contributed by atoms with E-state index in [9.17, 15) is 19.8 Å². The number of benzene rings is 1. The molecule has 0 saturated heterocycles. The van der Waals surface area contributed by atoms with Gasteiger partial charge in [0.1, 0.15) is 5.69 Å². The summed E-state index contributed by atoms with van der Waals surface area (Å²) in [5, 5.41) is 23.2. The Bertz CT molecular complexity index is 1020. The number of carbonyl (C=O) groups excluding carboxylic acids is 2. The first-order valence-corrected chi connectivity index (χ1v) is 11.6. The van der Waals surface area contributed by atoms with E-state index in [-0.39, 0.29) is 39.2 Å². The highest BCUT2D eigenvalue weighted by molar-refractivity contribution is 7.17. The molecule has 0 bridgehead atoms. The number of aliphatic hydroxyl groups is 2. The second kappa shape index (κ2) is 9.65. The molecule has 0 saturated carbocycles. The average molecular weight is 502 g/mol. The number of rotatable bonds is 7. The summed E-state index contributed by atoms with van der Waals surface area (Å²) in [6, 6.07) is 3.19. The zero-order valence-electron chi connectivity index (χ0n) is 19.2. The van der Waals surface area contributed by atoms with Gasteiger partial charge in [0, 0.05) is 30.8 Å². The van der Waals surface area contributed by atoms with Crippen molar-refractivity contribution in [2.45, 2.75) is 58.8 Å². The van der Waals surface area contributed by atoms with Gasteiger partial charge < -0.3 is 20.4 Å². The largest absolute Gasteiger partial charge is 0.389 e. The normalized spacial score (nSPS) is 12.2. The molecular weight excluding hydrogens is 473 g/mol. The molecule has 176 valence electrons. The number of carbonyl (C=O) groups is 2. The van der Waals surface area contributed by atoms with Gasteiger partial charge in [0.2, 0.25) is 0 Å². The number of nitrogens with zero attached hydrogens (tertiary/aromatic N) is 2. The van der Waals surface area contributed by atoms with Crippen molar-refractivity contribution in [2.24, 2.45) is 0 Å². The number of aromatic nitrogens is 1. The minimum absolute atomic E-state index is 0.0167. The molecule has 1 aromatic heterocycles. The lowest BCUT2D eigenvalue weighted by atomic mass is 9.96. The fraction of sp³-hybridized carbons (Fsp3) is 0.500. The lowest BCUT2D eigenvalue weighted by Crippen LogP contribution is -2.38. The first-order chi connectivity index (χ1) is 14.5. The van der Waals surface area contributed by atoms with Crippen molar-refractivity contribution in [3.8, 4) is 10.4 Å². The third-order valence-electron chi connectivity index (χ3n) is 4.79. The molecular formula is C22H29Cl2N3O4S. The molecule has 0 spiro atoms. The van der Waals surface area contributed by atoms with Crippen molar-refractivity contribution in [2.75, 3.05) is 13.6 Å². The third kappa shape index (κ3) is 5.99. The van der Waals surface area contributed by atoms with Crippen LogP contribution >= 0.6 is 34.5 Å². The summed E-state index contributed by atoms with van der Waals surface area (Å²) in [5.74, 6) is -0.883. The Kier molecular flexibility index (Phi) is 8.00. The molecule has 0 radical (unpaired) electrons. The van der Waals surface area contributed by atoms with Crippen molar-refractivity contribution in [3.63, 3.8) is 0 Å². The van der Waals surface area contributed by atoms with Crippen molar-refractivity contribution < 1.29 is 19.8 Å². The van der Waals surface area contributed by atoms with Crippen LogP contribution in [0.5, 0.6) is 0 Å². The Morgan fingerprint density at radius 3 is 2.25 bits per heavy atom. The Hall–Kier alpha value is -1.71. The highest BCUT2D eigenvalue weighted by Gasteiger charge is 2.29. The summed E-state index contributed by atoms with van der Waals surface area (Å²) < 4.78 is 0. The van der Waals surface area contributed by atoms with Crippen molar-refractivity contribution in [1.82, 2.24) is 15.2 Å². The summed E-state index contributed by atoms with van der Waals surface area (Å²) in [4.78, 5) is 32.0. The molecule has 0 aliphatic heterocycles. The lowest BCUT2D eigenvalue weighted by Gasteiger charge is -2.22. The van der Waals surface area contributed by atoms with Crippen LogP contribution in [-0.4, -0.2) is 57.1 Å². The number of thiazole rings is 1. The molecule has 0 aliphatic rings. The van der Waals surface area contributed by atoms with E-state index in [0.29, 0.717) is 16.0 Å². The SMILES string of the molecule is CC(C)N(C)C(=O)c1nc(C(=O)NCC(C)(C)O)sc1-c1ccc(C(C)(C)O)c(Cl)c1Cl. The monoisotopic (exact) mass is 501 g/mol. The van der Waals surface area contributed by atoms with Gasteiger partial charge in [-0.05, 0) is 41.5 Å². The van der Waals surface area contributed by atoms with E-state index in [4.69, 9.17) is 23.2 Å². The fourth-order valence-electron chi connectivity index (χ4n) is 2.72. The van der Waals surface area contributed by atoms with Crippen LogP contribution in [0, 0.1) is 0 Å². The van der Waals surface area contributed by atoms with Crippen LogP contribution in [0.4, 0.5) is 0 Å². The first-order valence-electron chi connectivity index (χ1n) is 10.0. The molecule has 2 amide bonds. The Labute approximate surface area is 202 Å². The van der Waals surface area contributed by atoms with E-state index in [1.54, 1.807) is 46.9 Å². The summed E-state index contributed by atoms with van der Waals surface area (Å²) in [6.45, 7) is 10.1. The van der Waals surface area contributed by atoms with Crippen LogP contribution in [-0.2, 0) is 5.60 Å². The first kappa shape index (κ1) is 26.5. The minimum Gasteiger partial charge on any atom is -0.389 e. The zero-order valence-corrected chi connectivity index (χ0v) is 21.5. The van der Waals surface area contributed by atoms with Crippen LogP contribution in [0.15, 0.2) is 12.1 Å². The maximum atomic E-state index is 13.1. The van der Waals surface area contributed by atoms with Gasteiger partial charge in [-0.3, -0.25) is 9.59 Å². The summed E-state index contributed by atoms with van der Waals surface area (Å²) in [5.41, 5.74) is -1.37. The average Bonchev–Trinajstić information content (AvgIpc) is 3.10. The van der Waals surface area contributed by atoms with Gasteiger partial charge in [-0.15, -0.1) is 11.3 Å². The Morgan fingerprint density at radius 1 is 1.16 bits per heavy atom. The van der Waals surface area contributed by atoms with Gasteiger partial charge in [-0.25, -0.2) is 4.98 Å². The highest BCUT2D eigenvalue weighted by atomic mass is 35.5. The number of halogens is 2. The van der Waals surface area contributed by atoms with E-state index >= 15 is 0 Å². The van der Waals surface area contributed by atoms with Crippen LogP contribution in [0.3, 0.4) is 0 Å². The fourth-order valence-corrected chi connectivity index (χ4v) is 4.43. The third-order valence-corrected chi connectivity index (χ3v) is 6.76. The van der Waals surface area contributed by atoms with E-state index in [1.165, 1.54) is 4.90 Å². The van der Waals surface area contributed by atoms with Gasteiger partial charge in [-0.1, -0.05) is 35.3 Å². The summed E-state index contributed by atoms with van der Waals surface area (Å²) >= 11 is 14.0. The quantitative estimate of drug-likeness (QED) is 0.523. The van der Waals surface area contributed by atoms with Gasteiger partial charge in [0.05, 0.1) is 26.1 Å². The molecule has 2 rings (SSSR count). The molecule has 0 unspecified atom stereocenters. The second-order valence-corrected chi connectivity index (χ2v) is 10.8. The molecule has 1 aromatic carbocycles. The van der Waals surface area contributed by atoms with E-state index in [1.807, 2.05) is 13.8 Å². The number of hydrogen-bond donors (Lipinski definition) is 3. The predicted octanol–water partition coefficient (Wildman–Crippen LogP) is 4.33. The topological polar surface area (TPSA) is 103 Å². The van der Waals surface area contributed by atoms with Crippen molar-refractivity contribution in [3.05, 3.63) is 38.4 Å². The second-order valence-electron chi connectivity index (χ2n) is 9.05. The molecule has 0 fully saturated rings. The van der Waals surface area contributed by atoms with Crippen molar-refractivity contribution >= 4 is 46.4 Å². The van der Waals surface area contributed by atoms with Gasteiger partial charge in [0.15, 0.2) is 5.01 Å². The van der Waals surface area contributed by atoms with E-state index < -0.39 is 17.1 Å². The summed E-state index contributed by atoms with van der Waals surface area (Å²) in [6.07, 6.45) is 0. The predicted molar refractivity (Wildman–Crippen MR) is 129 cm³/mol. The van der Waals surface area contributed by atoms with Crippen LogP contribution in [0.25, 0.3) is 10.4 Å². The van der Waals surface area contributed by atoms with Gasteiger partial charge in [0.25, 0.3) is 11.8 Å². The molecule has 32 heavy (non-hydrogen) atoms. The van der Waals surface area contributed by atoms with Gasteiger partial charge in [-0.2, -0.15) is 0 Å². The molecule has 1 heterocycles. The molecule has 2 aromatic rings. The lowest BCUT2D eigenvalue weighted by molar-refractivity contribution is 0.0693. The Morgan fingerprint density at radius 2 is 1.75 bits per heavy atom.